The van der Waals surface area contributed by atoms with Crippen molar-refractivity contribution >= 4 is 17.5 Å². The lowest BCUT2D eigenvalue weighted by molar-refractivity contribution is -0.138. The first kappa shape index (κ1) is 21.7. The summed E-state index contributed by atoms with van der Waals surface area (Å²) in [5, 5.41) is 9.09. The van der Waals surface area contributed by atoms with E-state index in [0.29, 0.717) is 52.4 Å². The molecule has 1 aliphatic heterocycles. The fourth-order valence-electron chi connectivity index (χ4n) is 2.66. The second-order valence-corrected chi connectivity index (χ2v) is 7.46. The van der Waals surface area contributed by atoms with Crippen molar-refractivity contribution in [3.63, 3.8) is 0 Å². The van der Waals surface area contributed by atoms with Gasteiger partial charge in [-0.2, -0.15) is 0 Å². The van der Waals surface area contributed by atoms with Crippen LogP contribution in [0.4, 0.5) is 0 Å². The number of hydrogen-bond acceptors (Lipinski definition) is 6. The molecule has 0 amide bonds. The van der Waals surface area contributed by atoms with E-state index in [1.165, 1.54) is 0 Å². The first-order chi connectivity index (χ1) is 11.7. The summed E-state index contributed by atoms with van der Waals surface area (Å²) in [5.41, 5.74) is 0. The van der Waals surface area contributed by atoms with Gasteiger partial charge in [0.1, 0.15) is 11.6 Å². The molecule has 0 bridgehead atoms. The van der Waals surface area contributed by atoms with Crippen molar-refractivity contribution in [1.82, 2.24) is 14.7 Å². The van der Waals surface area contributed by atoms with Gasteiger partial charge in [0.05, 0.1) is 19.6 Å². The Balaban J connectivity index is 2.76. The molecule has 1 heterocycles. The molecule has 0 spiro atoms. The highest BCUT2D eigenvalue weighted by Crippen LogP contribution is 2.05. The van der Waals surface area contributed by atoms with E-state index in [9.17, 15) is 14.4 Å². The van der Waals surface area contributed by atoms with Crippen molar-refractivity contribution in [3.8, 4) is 0 Å². The molecule has 0 aliphatic carbocycles. The number of carbonyl (C=O) groups is 3. The van der Waals surface area contributed by atoms with Crippen LogP contribution in [0, 0.1) is 11.8 Å². The zero-order chi connectivity index (χ0) is 19.0. The molecule has 0 atom stereocenters. The average molecular weight is 355 g/mol. The Morgan fingerprint density at radius 2 is 0.960 bits per heavy atom. The largest absolute Gasteiger partial charge is 0.480 e. The van der Waals surface area contributed by atoms with Crippen molar-refractivity contribution in [3.05, 3.63) is 0 Å². The topological polar surface area (TPSA) is 81.2 Å². The maximum Gasteiger partial charge on any atom is 0.317 e. The summed E-state index contributed by atoms with van der Waals surface area (Å²) in [6.45, 7) is 12.3. The Bertz CT molecular complexity index is 431. The summed E-state index contributed by atoms with van der Waals surface area (Å²) in [6, 6.07) is 0. The molecule has 1 N–H and O–H groups in total. The van der Waals surface area contributed by atoms with E-state index >= 15 is 0 Å². The van der Waals surface area contributed by atoms with Crippen LogP contribution in [0.1, 0.15) is 27.7 Å². The van der Waals surface area contributed by atoms with Crippen LogP contribution in [0.5, 0.6) is 0 Å². The van der Waals surface area contributed by atoms with Crippen molar-refractivity contribution in [2.24, 2.45) is 11.8 Å². The summed E-state index contributed by atoms with van der Waals surface area (Å²) in [5.74, 6) is -0.501. The highest BCUT2D eigenvalue weighted by molar-refractivity contribution is 5.82. The van der Waals surface area contributed by atoms with Crippen LogP contribution >= 0.6 is 0 Å². The molecule has 1 aliphatic rings. The number of ketones is 2. The SMILES string of the molecule is CC(C)C(=O)CN1CCN(CC(=O)O)CCN(CC(=O)C(C)C)CC1. The third-order valence-corrected chi connectivity index (χ3v) is 4.60. The maximum absolute atomic E-state index is 12.1. The zero-order valence-electron chi connectivity index (χ0n) is 16.0. The van der Waals surface area contributed by atoms with E-state index in [1.807, 2.05) is 32.6 Å². The fourth-order valence-corrected chi connectivity index (χ4v) is 2.66. The van der Waals surface area contributed by atoms with Gasteiger partial charge in [-0.15, -0.1) is 0 Å². The van der Waals surface area contributed by atoms with Gasteiger partial charge < -0.3 is 5.11 Å². The third-order valence-electron chi connectivity index (χ3n) is 4.60. The molecule has 0 unspecified atom stereocenters. The smallest absolute Gasteiger partial charge is 0.317 e. The Kier molecular flexibility index (Phi) is 9.24. The van der Waals surface area contributed by atoms with E-state index in [2.05, 4.69) is 9.80 Å². The quantitative estimate of drug-likeness (QED) is 0.677. The normalized spacial score (nSPS) is 18.8. The minimum absolute atomic E-state index is 0.0126. The van der Waals surface area contributed by atoms with Crippen LogP contribution < -0.4 is 0 Å². The number of carbonyl (C=O) groups excluding carboxylic acids is 2. The number of aliphatic carboxylic acids is 1. The predicted octanol–water partition coefficient (Wildman–Crippen LogP) is 0.441. The van der Waals surface area contributed by atoms with Crippen LogP contribution in [-0.2, 0) is 14.4 Å². The molecule has 7 nitrogen and oxygen atoms in total. The summed E-state index contributed by atoms with van der Waals surface area (Å²) < 4.78 is 0. The number of nitrogens with zero attached hydrogens (tertiary/aromatic N) is 3. The molecule has 7 heteroatoms. The number of carboxylic acids is 1. The second-order valence-electron chi connectivity index (χ2n) is 7.46. The second kappa shape index (κ2) is 10.6. The molecule has 1 fully saturated rings. The Labute approximate surface area is 150 Å². The highest BCUT2D eigenvalue weighted by Gasteiger charge is 2.21. The molecular weight excluding hydrogens is 322 g/mol. The molecule has 0 radical (unpaired) electrons. The maximum atomic E-state index is 12.1. The van der Waals surface area contributed by atoms with Crippen LogP contribution in [-0.4, -0.2) is 96.2 Å². The number of carboxylic acid groups (broad SMARTS) is 1. The first-order valence-corrected chi connectivity index (χ1v) is 9.13. The fraction of sp³-hybridized carbons (Fsp3) is 0.833. The van der Waals surface area contributed by atoms with Gasteiger partial charge in [0.15, 0.2) is 0 Å². The molecule has 0 aromatic heterocycles. The summed E-state index contributed by atoms with van der Waals surface area (Å²) in [7, 11) is 0. The van der Waals surface area contributed by atoms with Crippen molar-refractivity contribution in [2.45, 2.75) is 27.7 Å². The van der Waals surface area contributed by atoms with E-state index < -0.39 is 5.97 Å². The van der Waals surface area contributed by atoms with Gasteiger partial charge in [-0.05, 0) is 0 Å². The van der Waals surface area contributed by atoms with Gasteiger partial charge in [0, 0.05) is 51.1 Å². The Morgan fingerprint density at radius 3 is 1.20 bits per heavy atom. The molecule has 25 heavy (non-hydrogen) atoms. The van der Waals surface area contributed by atoms with Crippen molar-refractivity contribution < 1.29 is 19.5 Å². The summed E-state index contributed by atoms with van der Waals surface area (Å²) in [6.07, 6.45) is 0. The minimum Gasteiger partial charge on any atom is -0.480 e. The lowest BCUT2D eigenvalue weighted by Gasteiger charge is -2.25. The van der Waals surface area contributed by atoms with E-state index in [4.69, 9.17) is 5.11 Å². The van der Waals surface area contributed by atoms with Gasteiger partial charge in [-0.25, -0.2) is 0 Å². The van der Waals surface area contributed by atoms with Gasteiger partial charge in [0.25, 0.3) is 0 Å². The third kappa shape index (κ3) is 8.56. The Morgan fingerprint density at radius 1 is 0.680 bits per heavy atom. The van der Waals surface area contributed by atoms with E-state index in [0.717, 1.165) is 0 Å². The number of Topliss-reactive ketones (excluding diaryl/α,β-unsaturated/α-hetero) is 2. The standard InChI is InChI=1S/C18H33N3O4/c1-14(2)16(22)11-19-5-6-20(12-17(23)15(3)4)8-10-21(9-7-19)13-18(24)25/h14-15H,5-13H2,1-4H3,(H,24,25). The summed E-state index contributed by atoms with van der Waals surface area (Å²) in [4.78, 5) is 41.3. The average Bonchev–Trinajstić information content (AvgIpc) is 2.60. The molecular formula is C18H33N3O4. The van der Waals surface area contributed by atoms with Crippen LogP contribution in [0.2, 0.25) is 0 Å². The van der Waals surface area contributed by atoms with Crippen molar-refractivity contribution in [2.75, 3.05) is 58.9 Å². The van der Waals surface area contributed by atoms with Crippen molar-refractivity contribution in [1.29, 1.82) is 0 Å². The Hall–Kier alpha value is -1.31. The molecule has 144 valence electrons. The molecule has 0 saturated carbocycles. The van der Waals surface area contributed by atoms with Crippen LogP contribution in [0.15, 0.2) is 0 Å². The monoisotopic (exact) mass is 355 g/mol. The van der Waals surface area contributed by atoms with Crippen LogP contribution in [0.3, 0.4) is 0 Å². The lowest BCUT2D eigenvalue weighted by atomic mass is 10.1. The summed E-state index contributed by atoms with van der Waals surface area (Å²) >= 11 is 0. The molecule has 1 rings (SSSR count). The minimum atomic E-state index is -0.853. The molecule has 1 saturated heterocycles. The number of rotatable bonds is 8. The van der Waals surface area contributed by atoms with Gasteiger partial charge >= 0.3 is 5.97 Å². The van der Waals surface area contributed by atoms with Gasteiger partial charge in [-0.1, -0.05) is 27.7 Å². The van der Waals surface area contributed by atoms with E-state index in [-0.39, 0.29) is 29.9 Å². The molecule has 0 aromatic carbocycles. The predicted molar refractivity (Wildman–Crippen MR) is 96.6 cm³/mol. The molecule has 0 aromatic rings. The van der Waals surface area contributed by atoms with Gasteiger partial charge in [0.2, 0.25) is 0 Å². The van der Waals surface area contributed by atoms with E-state index in [1.54, 1.807) is 0 Å². The van der Waals surface area contributed by atoms with Crippen LogP contribution in [0.25, 0.3) is 0 Å². The first-order valence-electron chi connectivity index (χ1n) is 9.13. The zero-order valence-corrected chi connectivity index (χ0v) is 16.0. The highest BCUT2D eigenvalue weighted by atomic mass is 16.4. The lowest BCUT2D eigenvalue weighted by Crippen LogP contribution is -2.41. The van der Waals surface area contributed by atoms with Gasteiger partial charge in [-0.3, -0.25) is 29.1 Å². The number of hydrogen-bond donors (Lipinski definition) is 1.